The molecule has 0 fully saturated rings. The van der Waals surface area contributed by atoms with E-state index in [-0.39, 0.29) is 5.41 Å². The third-order valence-electron chi connectivity index (χ3n) is 3.41. The lowest BCUT2D eigenvalue weighted by Crippen LogP contribution is -2.11. The smallest absolute Gasteiger partial charge is 0.146 e. The second kappa shape index (κ2) is 6.41. The number of hydrogen-bond acceptors (Lipinski definition) is 1. The van der Waals surface area contributed by atoms with E-state index in [1.807, 2.05) is 24.3 Å². The van der Waals surface area contributed by atoms with Gasteiger partial charge in [-0.1, -0.05) is 66.5 Å². The molecule has 0 unspecified atom stereocenters. The molecule has 112 valence electrons. The molecule has 0 N–H and O–H groups in total. The lowest BCUT2D eigenvalue weighted by molar-refractivity contribution is 0.477. The minimum Gasteiger partial charge on any atom is -0.456 e. The highest BCUT2D eigenvalue weighted by atomic mass is 79.9. The predicted molar refractivity (Wildman–Crippen MR) is 94.0 cm³/mol. The maximum Gasteiger partial charge on any atom is 0.146 e. The normalized spacial score (nSPS) is 11.5. The molecule has 0 atom stereocenters. The van der Waals surface area contributed by atoms with Crippen molar-refractivity contribution in [2.24, 2.45) is 0 Å². The molecule has 0 saturated heterocycles. The van der Waals surface area contributed by atoms with Crippen molar-refractivity contribution in [3.8, 4) is 11.5 Å². The Labute approximate surface area is 140 Å². The van der Waals surface area contributed by atoms with E-state index in [0.717, 1.165) is 22.2 Å². The molecule has 0 saturated carbocycles. The van der Waals surface area contributed by atoms with Crippen molar-refractivity contribution in [3.63, 3.8) is 0 Å². The molecule has 0 bridgehead atoms. The predicted octanol–water partition coefficient (Wildman–Crippen LogP) is 6.63. The molecule has 3 heteroatoms. The van der Waals surface area contributed by atoms with Crippen LogP contribution in [-0.2, 0) is 10.7 Å². The van der Waals surface area contributed by atoms with E-state index in [2.05, 4.69) is 55.8 Å². The second-order valence-corrected chi connectivity index (χ2v) is 7.20. The summed E-state index contributed by atoms with van der Waals surface area (Å²) in [6, 6.07) is 12.2. The van der Waals surface area contributed by atoms with Crippen LogP contribution in [0.4, 0.5) is 0 Å². The van der Waals surface area contributed by atoms with Crippen molar-refractivity contribution in [2.45, 2.75) is 38.4 Å². The first-order chi connectivity index (χ1) is 9.81. The van der Waals surface area contributed by atoms with Crippen molar-refractivity contribution >= 4 is 27.5 Å². The Bertz CT molecular complexity index is 644. The zero-order valence-electron chi connectivity index (χ0n) is 12.8. The van der Waals surface area contributed by atoms with E-state index in [4.69, 9.17) is 16.3 Å². The molecule has 0 aromatic heterocycles. The van der Waals surface area contributed by atoms with Gasteiger partial charge in [-0.25, -0.2) is 0 Å². The fourth-order valence-corrected chi connectivity index (χ4v) is 2.65. The number of alkyl halides is 1. The molecule has 0 aliphatic rings. The number of benzene rings is 2. The van der Waals surface area contributed by atoms with Gasteiger partial charge < -0.3 is 4.74 Å². The summed E-state index contributed by atoms with van der Waals surface area (Å²) < 4.78 is 5.96. The maximum atomic E-state index is 6.27. The van der Waals surface area contributed by atoms with Crippen LogP contribution < -0.4 is 4.74 Å². The second-order valence-electron chi connectivity index (χ2n) is 6.23. The molecule has 2 aromatic carbocycles. The number of aryl methyl sites for hydroxylation is 1. The van der Waals surface area contributed by atoms with Gasteiger partial charge >= 0.3 is 0 Å². The summed E-state index contributed by atoms with van der Waals surface area (Å²) in [5.41, 5.74) is 3.68. The van der Waals surface area contributed by atoms with Gasteiger partial charge in [0.15, 0.2) is 0 Å². The fourth-order valence-electron chi connectivity index (χ4n) is 2.06. The van der Waals surface area contributed by atoms with E-state index in [9.17, 15) is 0 Å². The van der Waals surface area contributed by atoms with Crippen LogP contribution in [0.25, 0.3) is 0 Å². The Morgan fingerprint density at radius 2 is 1.71 bits per heavy atom. The Hall–Kier alpha value is -0.990. The monoisotopic (exact) mass is 366 g/mol. The lowest BCUT2D eigenvalue weighted by Gasteiger charge is -2.20. The van der Waals surface area contributed by atoms with E-state index in [1.165, 1.54) is 5.56 Å². The van der Waals surface area contributed by atoms with Crippen LogP contribution in [-0.4, -0.2) is 0 Å². The Morgan fingerprint density at radius 1 is 1.05 bits per heavy atom. The van der Waals surface area contributed by atoms with Crippen LogP contribution in [0.2, 0.25) is 5.02 Å². The minimum absolute atomic E-state index is 0.137. The summed E-state index contributed by atoms with van der Waals surface area (Å²) in [5, 5.41) is 1.41. The molecule has 0 spiro atoms. The quantitative estimate of drug-likeness (QED) is 0.553. The van der Waals surface area contributed by atoms with Crippen molar-refractivity contribution < 1.29 is 4.74 Å². The molecule has 0 radical (unpaired) electrons. The zero-order chi connectivity index (χ0) is 15.6. The van der Waals surface area contributed by atoms with Gasteiger partial charge in [0.25, 0.3) is 0 Å². The molecule has 21 heavy (non-hydrogen) atoms. The first-order valence-electron chi connectivity index (χ1n) is 6.94. The summed E-state index contributed by atoms with van der Waals surface area (Å²) in [6.07, 6.45) is 0. The number of rotatable bonds is 3. The molecule has 0 amide bonds. The molecule has 0 aliphatic heterocycles. The number of ether oxygens (including phenoxy) is 1. The average Bonchev–Trinajstić information content (AvgIpc) is 2.41. The summed E-state index contributed by atoms with van der Waals surface area (Å²) in [4.78, 5) is 0. The number of hydrogen-bond donors (Lipinski definition) is 0. The largest absolute Gasteiger partial charge is 0.456 e. The highest BCUT2D eigenvalue weighted by Crippen LogP contribution is 2.34. The average molecular weight is 368 g/mol. The molecule has 2 aromatic rings. The minimum atomic E-state index is 0.137. The van der Waals surface area contributed by atoms with Gasteiger partial charge in [0, 0.05) is 5.33 Å². The van der Waals surface area contributed by atoms with Gasteiger partial charge in [-0.3, -0.25) is 0 Å². The molecule has 0 heterocycles. The molecule has 0 aliphatic carbocycles. The first kappa shape index (κ1) is 16.4. The van der Waals surface area contributed by atoms with Crippen LogP contribution in [0, 0.1) is 6.92 Å². The molecule has 1 nitrogen and oxygen atoms in total. The van der Waals surface area contributed by atoms with Gasteiger partial charge in [0.2, 0.25) is 0 Å². The Morgan fingerprint density at radius 3 is 2.24 bits per heavy atom. The highest BCUT2D eigenvalue weighted by molar-refractivity contribution is 9.08. The third kappa shape index (κ3) is 4.02. The van der Waals surface area contributed by atoms with Gasteiger partial charge in [0.05, 0.1) is 5.02 Å². The molecular formula is C18H20BrClO. The maximum absolute atomic E-state index is 6.27. The SMILES string of the molecule is Cc1cc(C(C)(C)C)ccc1Oc1ccc(CBr)cc1Cl. The van der Waals surface area contributed by atoms with Crippen molar-refractivity contribution in [2.75, 3.05) is 0 Å². The zero-order valence-corrected chi connectivity index (χ0v) is 15.2. The first-order valence-corrected chi connectivity index (χ1v) is 8.44. The van der Waals surface area contributed by atoms with Crippen LogP contribution in [0.15, 0.2) is 36.4 Å². The van der Waals surface area contributed by atoms with Gasteiger partial charge in [-0.15, -0.1) is 0 Å². The van der Waals surface area contributed by atoms with Crippen molar-refractivity contribution in [3.05, 3.63) is 58.1 Å². The van der Waals surface area contributed by atoms with E-state index < -0.39 is 0 Å². The summed E-state index contributed by atoms with van der Waals surface area (Å²) in [7, 11) is 0. The van der Waals surface area contributed by atoms with Crippen LogP contribution >= 0.6 is 27.5 Å². The van der Waals surface area contributed by atoms with Gasteiger partial charge in [0.1, 0.15) is 11.5 Å². The highest BCUT2D eigenvalue weighted by Gasteiger charge is 2.15. The van der Waals surface area contributed by atoms with Crippen molar-refractivity contribution in [1.29, 1.82) is 0 Å². The van der Waals surface area contributed by atoms with E-state index >= 15 is 0 Å². The third-order valence-corrected chi connectivity index (χ3v) is 4.35. The van der Waals surface area contributed by atoms with Crippen molar-refractivity contribution in [1.82, 2.24) is 0 Å². The fraction of sp³-hybridized carbons (Fsp3) is 0.333. The van der Waals surface area contributed by atoms with Gasteiger partial charge in [-0.2, -0.15) is 0 Å². The molecular weight excluding hydrogens is 348 g/mol. The van der Waals surface area contributed by atoms with E-state index in [1.54, 1.807) is 0 Å². The van der Waals surface area contributed by atoms with E-state index in [0.29, 0.717) is 10.8 Å². The Kier molecular flexibility index (Phi) is 5.00. The summed E-state index contributed by atoms with van der Waals surface area (Å²) in [5.74, 6) is 1.53. The van der Waals surface area contributed by atoms with Crippen LogP contribution in [0.1, 0.15) is 37.5 Å². The standard InChI is InChI=1S/C18H20BrClO/c1-12-9-14(18(2,3)4)6-8-16(12)21-17-7-5-13(11-19)10-15(17)20/h5-10H,11H2,1-4H3. The van der Waals surface area contributed by atoms with Gasteiger partial charge in [-0.05, 0) is 47.2 Å². The lowest BCUT2D eigenvalue weighted by atomic mass is 9.86. The summed E-state index contributed by atoms with van der Waals surface area (Å²) >= 11 is 9.69. The summed E-state index contributed by atoms with van der Waals surface area (Å²) in [6.45, 7) is 8.68. The Balaban J connectivity index is 2.28. The number of halogens is 2. The molecule has 2 rings (SSSR count). The van der Waals surface area contributed by atoms with Crippen LogP contribution in [0.3, 0.4) is 0 Å². The van der Waals surface area contributed by atoms with Crippen LogP contribution in [0.5, 0.6) is 11.5 Å². The topological polar surface area (TPSA) is 9.23 Å².